The summed E-state index contributed by atoms with van der Waals surface area (Å²) in [6.45, 7) is 1.90. The number of amides is 1. The fourth-order valence-electron chi connectivity index (χ4n) is 6.52. The number of rotatable bonds is 13. The minimum atomic E-state index is -0.487. The van der Waals surface area contributed by atoms with Crippen LogP contribution in [-0.4, -0.2) is 94.0 Å². The number of fused-ring (bicyclic) bond motifs is 1. The Hall–Kier alpha value is -3.61. The SMILES string of the molecule is COCC1C(CN(C(=O)C2CCCC(O)C2)c2cncc(CCC(=O)OCCCO)n2)CCN1c1ccc2c(cnn2C)c1. The van der Waals surface area contributed by atoms with Crippen LogP contribution < -0.4 is 9.80 Å². The molecule has 238 valence electrons. The lowest BCUT2D eigenvalue weighted by Crippen LogP contribution is -2.46. The second-order valence-corrected chi connectivity index (χ2v) is 11.9. The first-order valence-corrected chi connectivity index (χ1v) is 15.6. The second-order valence-electron chi connectivity index (χ2n) is 11.9. The Morgan fingerprint density at radius 3 is 2.82 bits per heavy atom. The van der Waals surface area contributed by atoms with Gasteiger partial charge in [0.25, 0.3) is 0 Å². The van der Waals surface area contributed by atoms with Crippen LogP contribution in [0.4, 0.5) is 11.5 Å². The van der Waals surface area contributed by atoms with E-state index < -0.39 is 6.10 Å². The van der Waals surface area contributed by atoms with E-state index >= 15 is 0 Å². The number of ether oxygens (including phenoxy) is 2. The Balaban J connectivity index is 1.37. The highest BCUT2D eigenvalue weighted by Gasteiger charge is 2.39. The minimum absolute atomic E-state index is 0.0335. The number of benzene rings is 1. The third-order valence-corrected chi connectivity index (χ3v) is 8.86. The van der Waals surface area contributed by atoms with Gasteiger partial charge >= 0.3 is 5.97 Å². The van der Waals surface area contributed by atoms with Gasteiger partial charge in [-0.1, -0.05) is 6.42 Å². The third kappa shape index (κ3) is 7.54. The number of aryl methyl sites for hydroxylation is 2. The molecule has 3 aromatic rings. The zero-order valence-corrected chi connectivity index (χ0v) is 25.7. The van der Waals surface area contributed by atoms with Crippen molar-refractivity contribution in [3.63, 3.8) is 0 Å². The Labute approximate surface area is 258 Å². The molecule has 1 amide bonds. The van der Waals surface area contributed by atoms with E-state index in [9.17, 15) is 14.7 Å². The van der Waals surface area contributed by atoms with E-state index in [1.54, 1.807) is 24.4 Å². The van der Waals surface area contributed by atoms with E-state index in [4.69, 9.17) is 19.6 Å². The number of nitrogens with zero attached hydrogens (tertiary/aromatic N) is 6. The quantitative estimate of drug-likeness (QED) is 0.220. The first kappa shape index (κ1) is 31.8. The Morgan fingerprint density at radius 2 is 2.02 bits per heavy atom. The molecule has 2 fully saturated rings. The lowest BCUT2D eigenvalue weighted by molar-refractivity contribution is -0.143. The fourth-order valence-corrected chi connectivity index (χ4v) is 6.52. The van der Waals surface area contributed by atoms with Gasteiger partial charge in [-0.3, -0.25) is 24.2 Å². The third-order valence-electron chi connectivity index (χ3n) is 8.86. The Bertz CT molecular complexity index is 1410. The summed E-state index contributed by atoms with van der Waals surface area (Å²) in [5.41, 5.74) is 2.75. The maximum absolute atomic E-state index is 14.1. The lowest BCUT2D eigenvalue weighted by atomic mass is 9.86. The van der Waals surface area contributed by atoms with Gasteiger partial charge in [-0.2, -0.15) is 5.10 Å². The van der Waals surface area contributed by atoms with E-state index in [2.05, 4.69) is 33.2 Å². The number of anilines is 2. The van der Waals surface area contributed by atoms with Crippen LogP contribution in [-0.2, 0) is 32.5 Å². The molecule has 2 aromatic heterocycles. The molecule has 2 aliphatic rings. The molecule has 1 saturated heterocycles. The summed E-state index contributed by atoms with van der Waals surface area (Å²) in [4.78, 5) is 39.5. The van der Waals surface area contributed by atoms with Crippen LogP contribution in [0.2, 0.25) is 0 Å². The summed E-state index contributed by atoms with van der Waals surface area (Å²) in [6, 6.07) is 6.39. The number of methoxy groups -OCH3 is 1. The number of carbonyl (C=O) groups is 2. The maximum atomic E-state index is 14.1. The van der Waals surface area contributed by atoms with Crippen molar-refractivity contribution in [2.24, 2.45) is 18.9 Å². The van der Waals surface area contributed by atoms with Crippen LogP contribution in [0.15, 0.2) is 36.8 Å². The number of aliphatic hydroxyl groups excluding tert-OH is 2. The van der Waals surface area contributed by atoms with Crippen molar-refractivity contribution in [1.82, 2.24) is 19.7 Å². The Morgan fingerprint density at radius 1 is 1.16 bits per heavy atom. The highest BCUT2D eigenvalue weighted by atomic mass is 16.5. The van der Waals surface area contributed by atoms with Crippen LogP contribution in [0, 0.1) is 11.8 Å². The molecule has 12 heteroatoms. The summed E-state index contributed by atoms with van der Waals surface area (Å²) in [7, 11) is 3.63. The molecule has 0 radical (unpaired) electrons. The van der Waals surface area contributed by atoms with Gasteiger partial charge < -0.3 is 24.6 Å². The monoisotopic (exact) mass is 608 g/mol. The molecule has 0 spiro atoms. The molecule has 1 saturated carbocycles. The summed E-state index contributed by atoms with van der Waals surface area (Å²) in [6.07, 6.45) is 8.98. The standard InChI is InChI=1S/C32H44N6O6/c1-36-28-9-8-26(15-24(28)17-34-36)37-12-11-23(29(37)21-43-2)20-38(32(42)22-5-3-6-27(40)16-22)30-19-33-18-25(35-30)7-10-31(41)44-14-4-13-39/h8-9,15,17-19,22-23,27,29,39-40H,3-7,10-14,16,20-21H2,1-2H3. The Kier molecular flexibility index (Phi) is 10.8. The summed E-state index contributed by atoms with van der Waals surface area (Å²) in [5.74, 6) is -0.161. The summed E-state index contributed by atoms with van der Waals surface area (Å²) >= 11 is 0. The van der Waals surface area contributed by atoms with E-state index in [1.165, 1.54) is 0 Å². The van der Waals surface area contributed by atoms with Crippen molar-refractivity contribution >= 4 is 34.3 Å². The van der Waals surface area contributed by atoms with Gasteiger partial charge in [0.05, 0.1) is 55.4 Å². The van der Waals surface area contributed by atoms with Gasteiger partial charge in [-0.25, -0.2) is 4.98 Å². The van der Waals surface area contributed by atoms with E-state index in [1.807, 2.05) is 17.9 Å². The molecule has 1 aromatic carbocycles. The van der Waals surface area contributed by atoms with Crippen molar-refractivity contribution in [2.75, 3.05) is 49.8 Å². The topological polar surface area (TPSA) is 143 Å². The minimum Gasteiger partial charge on any atom is -0.466 e. The number of hydrogen-bond acceptors (Lipinski definition) is 10. The van der Waals surface area contributed by atoms with Gasteiger partial charge in [0.2, 0.25) is 5.91 Å². The van der Waals surface area contributed by atoms with Crippen LogP contribution in [0.1, 0.15) is 50.6 Å². The highest BCUT2D eigenvalue weighted by Crippen LogP contribution is 2.35. The van der Waals surface area contributed by atoms with Crippen LogP contribution in [0.5, 0.6) is 0 Å². The molecule has 4 unspecified atom stereocenters. The zero-order valence-electron chi connectivity index (χ0n) is 25.7. The average Bonchev–Trinajstić information content (AvgIpc) is 3.61. The van der Waals surface area contributed by atoms with Crippen LogP contribution in [0.3, 0.4) is 0 Å². The maximum Gasteiger partial charge on any atom is 0.306 e. The van der Waals surface area contributed by atoms with E-state index in [0.29, 0.717) is 50.3 Å². The summed E-state index contributed by atoms with van der Waals surface area (Å²) in [5, 5.41) is 24.7. The predicted octanol–water partition coefficient (Wildman–Crippen LogP) is 2.65. The van der Waals surface area contributed by atoms with Gasteiger partial charge in [0, 0.05) is 75.8 Å². The van der Waals surface area contributed by atoms with Gasteiger partial charge in [-0.15, -0.1) is 0 Å². The van der Waals surface area contributed by atoms with Crippen molar-refractivity contribution < 1.29 is 29.3 Å². The molecule has 44 heavy (non-hydrogen) atoms. The predicted molar refractivity (Wildman–Crippen MR) is 165 cm³/mol. The molecule has 2 N–H and O–H groups in total. The lowest BCUT2D eigenvalue weighted by Gasteiger charge is -2.34. The molecule has 12 nitrogen and oxygen atoms in total. The highest BCUT2D eigenvalue weighted by molar-refractivity contribution is 5.94. The molecule has 5 rings (SSSR count). The van der Waals surface area contributed by atoms with Crippen LogP contribution >= 0.6 is 0 Å². The van der Waals surface area contributed by atoms with E-state index in [-0.39, 0.29) is 49.4 Å². The number of carbonyl (C=O) groups excluding carboxylic acids is 2. The zero-order chi connectivity index (χ0) is 31.1. The summed E-state index contributed by atoms with van der Waals surface area (Å²) < 4.78 is 12.7. The molecule has 1 aliphatic heterocycles. The fraction of sp³-hybridized carbons (Fsp3) is 0.594. The molecular weight excluding hydrogens is 564 g/mol. The largest absolute Gasteiger partial charge is 0.466 e. The van der Waals surface area contributed by atoms with Gasteiger partial charge in [0.1, 0.15) is 0 Å². The van der Waals surface area contributed by atoms with Crippen molar-refractivity contribution in [2.45, 2.75) is 63.5 Å². The number of aromatic nitrogens is 4. The van der Waals surface area contributed by atoms with Crippen LogP contribution in [0.25, 0.3) is 10.9 Å². The average molecular weight is 609 g/mol. The second kappa shape index (κ2) is 14.9. The molecular formula is C32H44N6O6. The van der Waals surface area contributed by atoms with Crippen molar-refractivity contribution in [1.29, 1.82) is 0 Å². The number of aliphatic hydroxyl groups is 2. The number of hydrogen-bond donors (Lipinski definition) is 2. The molecule has 3 heterocycles. The first-order valence-electron chi connectivity index (χ1n) is 15.6. The van der Waals surface area contributed by atoms with Crippen molar-refractivity contribution in [3.05, 3.63) is 42.5 Å². The van der Waals surface area contributed by atoms with Gasteiger partial charge in [-0.05, 0) is 43.9 Å². The van der Waals surface area contributed by atoms with E-state index in [0.717, 1.165) is 42.4 Å². The number of esters is 1. The van der Waals surface area contributed by atoms with Gasteiger partial charge in [0.15, 0.2) is 5.82 Å². The smallest absolute Gasteiger partial charge is 0.306 e. The van der Waals surface area contributed by atoms with Crippen molar-refractivity contribution in [3.8, 4) is 0 Å². The molecule has 4 atom stereocenters. The first-order chi connectivity index (χ1) is 21.4. The molecule has 1 aliphatic carbocycles. The molecule has 0 bridgehead atoms. The normalized spacial score (nSPS) is 22.0.